The SMILES string of the molecule is C1=CC2Oc3cccc(-c4ccc(-c5nc(-c6ccccc6)nc(-c6ccccc6)n5)cc4)c3C2N=C1c1cc2ccccc2cn1. The molecule has 2 aliphatic heterocycles. The van der Waals surface area contributed by atoms with E-state index in [1.807, 2.05) is 97.2 Å². The van der Waals surface area contributed by atoms with Crippen molar-refractivity contribution in [3.05, 3.63) is 163 Å². The van der Waals surface area contributed by atoms with Crippen molar-refractivity contribution in [2.45, 2.75) is 12.1 Å². The molecule has 0 aliphatic carbocycles. The molecule has 7 aromatic rings. The molecule has 2 unspecified atom stereocenters. The van der Waals surface area contributed by atoms with Crippen LogP contribution < -0.4 is 4.74 Å². The Labute approximate surface area is 271 Å². The predicted molar refractivity (Wildman–Crippen MR) is 186 cm³/mol. The monoisotopic (exact) mass is 605 g/mol. The summed E-state index contributed by atoms with van der Waals surface area (Å²) in [5, 5.41) is 2.25. The second-order valence-electron chi connectivity index (χ2n) is 11.7. The zero-order chi connectivity index (χ0) is 31.2. The molecule has 4 heterocycles. The van der Waals surface area contributed by atoms with Crippen LogP contribution in [0.15, 0.2) is 157 Å². The number of pyridine rings is 1. The van der Waals surface area contributed by atoms with Gasteiger partial charge in [-0.15, -0.1) is 0 Å². The maximum atomic E-state index is 6.39. The van der Waals surface area contributed by atoms with Gasteiger partial charge in [0.2, 0.25) is 0 Å². The molecule has 0 radical (unpaired) electrons. The molecule has 2 aromatic heterocycles. The second kappa shape index (κ2) is 11.3. The fourth-order valence-electron chi connectivity index (χ4n) is 6.35. The Morgan fingerprint density at radius 2 is 1.13 bits per heavy atom. The van der Waals surface area contributed by atoms with Gasteiger partial charge in [0.15, 0.2) is 17.5 Å². The summed E-state index contributed by atoms with van der Waals surface area (Å²) in [5.41, 5.74) is 7.77. The van der Waals surface area contributed by atoms with Crippen molar-refractivity contribution in [1.82, 2.24) is 19.9 Å². The molecule has 0 spiro atoms. The number of ether oxygens (including phenoxy) is 1. The lowest BCUT2D eigenvalue weighted by molar-refractivity contribution is 0.257. The molecule has 5 aromatic carbocycles. The molecule has 2 atom stereocenters. The van der Waals surface area contributed by atoms with Crippen LogP contribution in [0.5, 0.6) is 5.75 Å². The first-order chi connectivity index (χ1) is 23.3. The van der Waals surface area contributed by atoms with Crippen LogP contribution in [0.3, 0.4) is 0 Å². The van der Waals surface area contributed by atoms with Crippen LogP contribution in [0.4, 0.5) is 0 Å². The minimum Gasteiger partial charge on any atom is -0.483 e. The van der Waals surface area contributed by atoms with Crippen molar-refractivity contribution in [1.29, 1.82) is 0 Å². The first-order valence-corrected chi connectivity index (χ1v) is 15.7. The molecule has 0 amide bonds. The molecule has 6 nitrogen and oxygen atoms in total. The third kappa shape index (κ3) is 4.96. The molecule has 222 valence electrons. The molecular weight excluding hydrogens is 578 g/mol. The van der Waals surface area contributed by atoms with Gasteiger partial charge in [-0.3, -0.25) is 9.98 Å². The van der Waals surface area contributed by atoms with Gasteiger partial charge in [-0.1, -0.05) is 121 Å². The van der Waals surface area contributed by atoms with E-state index >= 15 is 0 Å². The summed E-state index contributed by atoms with van der Waals surface area (Å²) in [4.78, 5) is 24.6. The van der Waals surface area contributed by atoms with E-state index in [-0.39, 0.29) is 12.1 Å². The third-order valence-corrected chi connectivity index (χ3v) is 8.70. The lowest BCUT2D eigenvalue weighted by atomic mass is 9.91. The lowest BCUT2D eigenvalue weighted by Crippen LogP contribution is -2.20. The van der Waals surface area contributed by atoms with Crippen LogP contribution >= 0.6 is 0 Å². The van der Waals surface area contributed by atoms with Crippen molar-refractivity contribution in [2.75, 3.05) is 0 Å². The van der Waals surface area contributed by atoms with Gasteiger partial charge in [-0.25, -0.2) is 15.0 Å². The van der Waals surface area contributed by atoms with Crippen LogP contribution in [0.25, 0.3) is 56.1 Å². The summed E-state index contributed by atoms with van der Waals surface area (Å²) in [5.74, 6) is 2.77. The fourth-order valence-corrected chi connectivity index (χ4v) is 6.35. The van der Waals surface area contributed by atoms with Crippen molar-refractivity contribution in [2.24, 2.45) is 4.99 Å². The van der Waals surface area contributed by atoms with Crippen molar-refractivity contribution < 1.29 is 4.74 Å². The summed E-state index contributed by atoms with van der Waals surface area (Å²) in [6, 6.07) is 44.9. The quantitative estimate of drug-likeness (QED) is 0.196. The number of rotatable bonds is 5. The largest absolute Gasteiger partial charge is 0.483 e. The van der Waals surface area contributed by atoms with Crippen LogP contribution in [-0.2, 0) is 0 Å². The molecule has 0 saturated carbocycles. The Hall–Kier alpha value is -6.27. The van der Waals surface area contributed by atoms with Crippen LogP contribution in [0.2, 0.25) is 0 Å². The summed E-state index contributed by atoms with van der Waals surface area (Å²) in [6.45, 7) is 0. The van der Waals surface area contributed by atoms with Gasteiger partial charge in [0, 0.05) is 33.8 Å². The Kier molecular flexibility index (Phi) is 6.49. The third-order valence-electron chi connectivity index (χ3n) is 8.70. The number of hydrogen-bond acceptors (Lipinski definition) is 6. The molecule has 0 fully saturated rings. The molecule has 0 N–H and O–H groups in total. The number of nitrogens with zero attached hydrogens (tertiary/aromatic N) is 5. The van der Waals surface area contributed by atoms with Crippen molar-refractivity contribution in [3.8, 4) is 51.0 Å². The molecule has 0 saturated heterocycles. The topological polar surface area (TPSA) is 73.2 Å². The van der Waals surface area contributed by atoms with Gasteiger partial charge in [-0.05, 0) is 40.8 Å². The number of dihydropyridines is 1. The standard InChI is InChI=1S/C41H27N5O/c1-3-10-27(11-4-1)39-44-40(28-12-5-2-6-13-28)46-41(45-39)29-20-18-26(19-21-29)32-16-9-17-35-37(32)38-36(47-35)23-22-33(43-38)34-24-30-14-7-8-15-31(30)25-42-34/h1-25,36,38H. The Morgan fingerprint density at radius 1 is 0.532 bits per heavy atom. The van der Waals surface area contributed by atoms with Crippen LogP contribution in [-0.4, -0.2) is 31.8 Å². The Morgan fingerprint density at radius 3 is 1.81 bits per heavy atom. The van der Waals surface area contributed by atoms with Gasteiger partial charge in [0.05, 0.1) is 11.4 Å². The summed E-state index contributed by atoms with van der Waals surface area (Å²) < 4.78 is 6.39. The van der Waals surface area contributed by atoms with Gasteiger partial charge in [0.1, 0.15) is 17.9 Å². The van der Waals surface area contributed by atoms with Crippen molar-refractivity contribution in [3.63, 3.8) is 0 Å². The maximum Gasteiger partial charge on any atom is 0.164 e. The zero-order valence-electron chi connectivity index (χ0n) is 25.2. The number of allylic oxidation sites excluding steroid dienone is 1. The fraction of sp³-hybridized carbons (Fsp3) is 0.0488. The zero-order valence-corrected chi connectivity index (χ0v) is 25.2. The molecule has 0 bridgehead atoms. The first-order valence-electron chi connectivity index (χ1n) is 15.7. The van der Waals surface area contributed by atoms with E-state index in [1.165, 1.54) is 0 Å². The summed E-state index contributed by atoms with van der Waals surface area (Å²) in [6.07, 6.45) is 5.89. The number of benzene rings is 5. The number of aromatic nitrogens is 4. The minimum absolute atomic E-state index is 0.160. The second-order valence-corrected chi connectivity index (χ2v) is 11.7. The van der Waals surface area contributed by atoms with E-state index in [2.05, 4.69) is 54.6 Å². The molecular formula is C41H27N5O. The summed E-state index contributed by atoms with van der Waals surface area (Å²) >= 11 is 0. The van der Waals surface area contributed by atoms with Gasteiger partial charge < -0.3 is 4.74 Å². The average Bonchev–Trinajstić information content (AvgIpc) is 3.53. The van der Waals surface area contributed by atoms with E-state index in [9.17, 15) is 0 Å². The minimum atomic E-state index is -0.167. The molecule has 47 heavy (non-hydrogen) atoms. The molecule has 6 heteroatoms. The highest BCUT2D eigenvalue weighted by atomic mass is 16.5. The van der Waals surface area contributed by atoms with E-state index in [0.717, 1.165) is 61.3 Å². The van der Waals surface area contributed by atoms with Gasteiger partial charge in [0.25, 0.3) is 0 Å². The van der Waals surface area contributed by atoms with E-state index in [1.54, 1.807) is 0 Å². The highest BCUT2D eigenvalue weighted by Gasteiger charge is 2.37. The summed E-state index contributed by atoms with van der Waals surface area (Å²) in [7, 11) is 0. The predicted octanol–water partition coefficient (Wildman–Crippen LogP) is 8.95. The Bertz CT molecular complexity index is 2280. The van der Waals surface area contributed by atoms with Crippen molar-refractivity contribution >= 4 is 16.5 Å². The Balaban J connectivity index is 1.08. The average molecular weight is 606 g/mol. The van der Waals surface area contributed by atoms with E-state index in [4.69, 9.17) is 29.7 Å². The number of aliphatic imine (C=N–C) groups is 1. The maximum absolute atomic E-state index is 6.39. The normalized spacial score (nSPS) is 16.3. The van der Waals surface area contributed by atoms with E-state index in [0.29, 0.717) is 17.5 Å². The molecule has 9 rings (SSSR count). The number of hydrogen-bond donors (Lipinski definition) is 0. The van der Waals surface area contributed by atoms with Gasteiger partial charge >= 0.3 is 0 Å². The smallest absolute Gasteiger partial charge is 0.164 e. The highest BCUT2D eigenvalue weighted by Crippen LogP contribution is 2.46. The van der Waals surface area contributed by atoms with Gasteiger partial charge in [-0.2, -0.15) is 0 Å². The van der Waals surface area contributed by atoms with Crippen LogP contribution in [0, 0.1) is 0 Å². The first kappa shape index (κ1) is 27.1. The lowest BCUT2D eigenvalue weighted by Gasteiger charge is -2.19. The highest BCUT2D eigenvalue weighted by molar-refractivity contribution is 6.09. The molecule has 2 aliphatic rings. The number of fused-ring (bicyclic) bond motifs is 4. The van der Waals surface area contributed by atoms with E-state index < -0.39 is 0 Å². The van der Waals surface area contributed by atoms with Crippen LogP contribution in [0.1, 0.15) is 17.3 Å².